The maximum absolute atomic E-state index is 12.9. The van der Waals surface area contributed by atoms with Gasteiger partial charge in [0.15, 0.2) is 5.16 Å². The molecule has 0 atom stereocenters. The van der Waals surface area contributed by atoms with Crippen LogP contribution in [-0.2, 0) is 5.75 Å². The molecule has 3 rings (SSSR count). The maximum atomic E-state index is 12.9. The van der Waals surface area contributed by atoms with E-state index in [2.05, 4.69) is 20.9 Å². The lowest BCUT2D eigenvalue weighted by molar-refractivity contribution is 0.627. The van der Waals surface area contributed by atoms with Gasteiger partial charge >= 0.3 is 0 Å². The van der Waals surface area contributed by atoms with E-state index in [1.807, 2.05) is 6.07 Å². The highest BCUT2D eigenvalue weighted by Crippen LogP contribution is 2.22. The second-order valence-corrected chi connectivity index (χ2v) is 6.50. The molecule has 1 heterocycles. The summed E-state index contributed by atoms with van der Waals surface area (Å²) in [5.74, 6) is 6.10. The number of halogens is 2. The van der Waals surface area contributed by atoms with E-state index >= 15 is 0 Å². The van der Waals surface area contributed by atoms with Gasteiger partial charge in [-0.15, -0.1) is 0 Å². The third-order valence-electron chi connectivity index (χ3n) is 3.11. The molecule has 3 aromatic rings. The molecule has 22 heavy (non-hydrogen) atoms. The van der Waals surface area contributed by atoms with Crippen LogP contribution in [-0.4, -0.2) is 9.66 Å². The summed E-state index contributed by atoms with van der Waals surface area (Å²) < 4.78 is 14.7. The van der Waals surface area contributed by atoms with Gasteiger partial charge in [-0.1, -0.05) is 39.8 Å². The van der Waals surface area contributed by atoms with Crippen molar-refractivity contribution in [2.45, 2.75) is 10.9 Å². The minimum absolute atomic E-state index is 0.279. The second-order valence-electron chi connectivity index (χ2n) is 4.65. The number of nitrogens with two attached hydrogens (primary N) is 1. The number of hydrogen-bond donors (Lipinski definition) is 1. The summed E-state index contributed by atoms with van der Waals surface area (Å²) in [5, 5.41) is 0.882. The normalized spacial score (nSPS) is 11.0. The minimum atomic E-state index is -0.298. The monoisotopic (exact) mass is 379 g/mol. The van der Waals surface area contributed by atoms with Crippen molar-refractivity contribution in [1.29, 1.82) is 0 Å². The standard InChI is InChI=1S/C15H11BrFN3OS/c16-10-3-6-13-12(7-10)14(21)20(18)15(19-13)22-8-9-1-4-11(17)5-2-9/h1-7H,8,18H2. The van der Waals surface area contributed by atoms with E-state index in [9.17, 15) is 9.18 Å². The van der Waals surface area contributed by atoms with Gasteiger partial charge in [-0.2, -0.15) is 0 Å². The van der Waals surface area contributed by atoms with Gasteiger partial charge in [0.25, 0.3) is 5.56 Å². The Bertz CT molecular complexity index is 896. The van der Waals surface area contributed by atoms with Crippen molar-refractivity contribution in [3.05, 3.63) is 68.7 Å². The Morgan fingerprint density at radius 1 is 1.23 bits per heavy atom. The number of aromatic nitrogens is 2. The van der Waals surface area contributed by atoms with Gasteiger partial charge in [-0.05, 0) is 35.9 Å². The van der Waals surface area contributed by atoms with Gasteiger partial charge in [-0.3, -0.25) is 4.79 Å². The van der Waals surface area contributed by atoms with Crippen LogP contribution >= 0.6 is 27.7 Å². The van der Waals surface area contributed by atoms with Crippen LogP contribution in [0.4, 0.5) is 4.39 Å². The average molecular weight is 380 g/mol. The highest BCUT2D eigenvalue weighted by molar-refractivity contribution is 9.10. The Morgan fingerprint density at radius 3 is 2.68 bits per heavy atom. The fraction of sp³-hybridized carbons (Fsp3) is 0.0667. The van der Waals surface area contributed by atoms with E-state index in [1.165, 1.54) is 23.9 Å². The number of rotatable bonds is 3. The van der Waals surface area contributed by atoms with Gasteiger partial charge in [0.05, 0.1) is 10.9 Å². The summed E-state index contributed by atoms with van der Waals surface area (Å²) in [6.07, 6.45) is 0. The van der Waals surface area contributed by atoms with Crippen molar-refractivity contribution in [2.75, 3.05) is 5.84 Å². The average Bonchev–Trinajstić information content (AvgIpc) is 2.52. The minimum Gasteiger partial charge on any atom is -0.334 e. The molecule has 7 heteroatoms. The van der Waals surface area contributed by atoms with Crippen molar-refractivity contribution in [2.24, 2.45) is 0 Å². The van der Waals surface area contributed by atoms with E-state index in [0.29, 0.717) is 21.8 Å². The quantitative estimate of drug-likeness (QED) is 0.430. The first kappa shape index (κ1) is 15.1. The molecule has 0 radical (unpaired) electrons. The Balaban J connectivity index is 1.94. The van der Waals surface area contributed by atoms with Crippen LogP contribution in [0, 0.1) is 5.82 Å². The zero-order valence-electron chi connectivity index (χ0n) is 11.3. The van der Waals surface area contributed by atoms with E-state index in [0.717, 1.165) is 14.7 Å². The smallest absolute Gasteiger partial charge is 0.280 e. The third-order valence-corrected chi connectivity index (χ3v) is 4.63. The van der Waals surface area contributed by atoms with Gasteiger partial charge in [0, 0.05) is 10.2 Å². The number of hydrogen-bond acceptors (Lipinski definition) is 4. The first-order valence-corrected chi connectivity index (χ1v) is 8.17. The lowest BCUT2D eigenvalue weighted by atomic mass is 10.2. The molecule has 0 amide bonds. The van der Waals surface area contributed by atoms with Crippen molar-refractivity contribution < 1.29 is 4.39 Å². The first-order chi connectivity index (χ1) is 10.5. The van der Waals surface area contributed by atoms with Crippen LogP contribution < -0.4 is 11.4 Å². The molecule has 0 saturated carbocycles. The SMILES string of the molecule is Nn1c(SCc2ccc(F)cc2)nc2ccc(Br)cc2c1=O. The number of thioether (sulfide) groups is 1. The Kier molecular flexibility index (Phi) is 4.17. The Morgan fingerprint density at radius 2 is 1.95 bits per heavy atom. The molecule has 0 unspecified atom stereocenters. The van der Waals surface area contributed by atoms with Crippen molar-refractivity contribution in [3.8, 4) is 0 Å². The lowest BCUT2D eigenvalue weighted by Gasteiger charge is -2.08. The van der Waals surface area contributed by atoms with Crippen LogP contribution in [0.2, 0.25) is 0 Å². The van der Waals surface area contributed by atoms with Crippen LogP contribution in [0.1, 0.15) is 5.56 Å². The van der Waals surface area contributed by atoms with E-state index < -0.39 is 0 Å². The fourth-order valence-corrected chi connectivity index (χ4v) is 3.22. The molecule has 0 spiro atoms. The number of nitrogen functional groups attached to an aromatic ring is 1. The predicted molar refractivity (Wildman–Crippen MR) is 89.8 cm³/mol. The number of fused-ring (bicyclic) bond motifs is 1. The molecule has 0 bridgehead atoms. The first-order valence-electron chi connectivity index (χ1n) is 6.39. The molecule has 0 aliphatic carbocycles. The fourth-order valence-electron chi connectivity index (χ4n) is 1.98. The highest BCUT2D eigenvalue weighted by atomic mass is 79.9. The van der Waals surface area contributed by atoms with Crippen molar-refractivity contribution >= 4 is 38.6 Å². The van der Waals surface area contributed by atoms with E-state index in [-0.39, 0.29) is 11.4 Å². The summed E-state index contributed by atoms with van der Waals surface area (Å²) >= 11 is 4.66. The molecule has 2 N–H and O–H groups in total. The molecule has 0 fully saturated rings. The number of nitrogens with zero attached hydrogens (tertiary/aromatic N) is 2. The summed E-state index contributed by atoms with van der Waals surface area (Å²) in [7, 11) is 0. The molecule has 112 valence electrons. The molecule has 0 aliphatic rings. The van der Waals surface area contributed by atoms with Crippen molar-refractivity contribution in [1.82, 2.24) is 9.66 Å². The predicted octanol–water partition coefficient (Wildman–Crippen LogP) is 3.30. The zero-order valence-corrected chi connectivity index (χ0v) is 13.7. The van der Waals surface area contributed by atoms with Gasteiger partial charge in [-0.25, -0.2) is 14.1 Å². The molecule has 2 aromatic carbocycles. The highest BCUT2D eigenvalue weighted by Gasteiger charge is 2.10. The molecule has 0 aliphatic heterocycles. The van der Waals surface area contributed by atoms with Crippen molar-refractivity contribution in [3.63, 3.8) is 0 Å². The summed E-state index contributed by atoms with van der Waals surface area (Å²) in [6.45, 7) is 0. The summed E-state index contributed by atoms with van der Waals surface area (Å²) in [6, 6.07) is 11.5. The summed E-state index contributed by atoms with van der Waals surface area (Å²) in [4.78, 5) is 16.7. The lowest BCUT2D eigenvalue weighted by Crippen LogP contribution is -2.29. The van der Waals surface area contributed by atoms with Crippen LogP contribution in [0.15, 0.2) is 56.9 Å². The largest absolute Gasteiger partial charge is 0.334 e. The molecule has 4 nitrogen and oxygen atoms in total. The van der Waals surface area contributed by atoms with Crippen LogP contribution in [0.25, 0.3) is 10.9 Å². The van der Waals surface area contributed by atoms with E-state index in [4.69, 9.17) is 5.84 Å². The summed E-state index contributed by atoms with van der Waals surface area (Å²) in [5.41, 5.74) is 1.22. The van der Waals surface area contributed by atoms with Crippen LogP contribution in [0.3, 0.4) is 0 Å². The molecular formula is C15H11BrFN3OS. The van der Waals surface area contributed by atoms with Crippen LogP contribution in [0.5, 0.6) is 0 Å². The topological polar surface area (TPSA) is 60.9 Å². The molecule has 1 aromatic heterocycles. The number of benzene rings is 2. The van der Waals surface area contributed by atoms with Gasteiger partial charge < -0.3 is 5.84 Å². The second kappa shape index (κ2) is 6.10. The third kappa shape index (κ3) is 3.00. The van der Waals surface area contributed by atoms with E-state index in [1.54, 1.807) is 24.3 Å². The zero-order chi connectivity index (χ0) is 15.7. The Labute approximate surface area is 138 Å². The Hall–Kier alpha value is -1.86. The van der Waals surface area contributed by atoms with Gasteiger partial charge in [0.1, 0.15) is 5.82 Å². The molecular weight excluding hydrogens is 369 g/mol. The maximum Gasteiger partial charge on any atom is 0.280 e. The van der Waals surface area contributed by atoms with Gasteiger partial charge in [0.2, 0.25) is 0 Å². The molecule has 0 saturated heterocycles.